The Hall–Kier alpha value is -0.450. The molecule has 0 saturated carbocycles. The van der Waals surface area contributed by atoms with Crippen molar-refractivity contribution >= 4 is 34.4 Å². The lowest BCUT2D eigenvalue weighted by Gasteiger charge is -2.00. The van der Waals surface area contributed by atoms with Gasteiger partial charge in [-0.1, -0.05) is 42.5 Å². The SMILES string of the molecule is CCCCOc1ccc(Sc2cccs2)s1. The maximum Gasteiger partial charge on any atom is 0.174 e. The molecule has 4 heteroatoms. The molecular formula is C12H14OS3. The second-order valence-electron chi connectivity index (χ2n) is 3.31. The smallest absolute Gasteiger partial charge is 0.174 e. The highest BCUT2D eigenvalue weighted by Gasteiger charge is 2.03. The monoisotopic (exact) mass is 270 g/mol. The summed E-state index contributed by atoms with van der Waals surface area (Å²) in [6.07, 6.45) is 2.31. The van der Waals surface area contributed by atoms with Crippen molar-refractivity contribution in [2.75, 3.05) is 6.61 Å². The first-order chi connectivity index (χ1) is 7.88. The van der Waals surface area contributed by atoms with Gasteiger partial charge in [-0.2, -0.15) is 0 Å². The number of rotatable bonds is 6. The Balaban J connectivity index is 1.87. The van der Waals surface area contributed by atoms with Gasteiger partial charge in [-0.15, -0.1) is 11.3 Å². The van der Waals surface area contributed by atoms with E-state index in [0.29, 0.717) is 0 Å². The lowest BCUT2D eigenvalue weighted by molar-refractivity contribution is 0.318. The fraction of sp³-hybridized carbons (Fsp3) is 0.333. The second kappa shape index (κ2) is 6.33. The van der Waals surface area contributed by atoms with Gasteiger partial charge in [-0.25, -0.2) is 0 Å². The zero-order valence-corrected chi connectivity index (χ0v) is 11.6. The van der Waals surface area contributed by atoms with Crippen LogP contribution in [0.5, 0.6) is 5.06 Å². The number of unbranched alkanes of at least 4 members (excludes halogenated alkanes) is 1. The van der Waals surface area contributed by atoms with Crippen LogP contribution in [0.15, 0.2) is 38.1 Å². The molecule has 0 aliphatic rings. The average molecular weight is 270 g/mol. The van der Waals surface area contributed by atoms with Gasteiger partial charge >= 0.3 is 0 Å². The predicted octanol–water partition coefficient (Wildman–Crippen LogP) is 5.14. The largest absolute Gasteiger partial charge is 0.484 e. The summed E-state index contributed by atoms with van der Waals surface area (Å²) in [7, 11) is 0. The highest BCUT2D eigenvalue weighted by molar-refractivity contribution is 8.02. The Labute approximate surface area is 108 Å². The van der Waals surface area contributed by atoms with Crippen LogP contribution in [-0.4, -0.2) is 6.61 Å². The molecule has 1 nitrogen and oxygen atoms in total. The maximum absolute atomic E-state index is 5.65. The first-order valence-electron chi connectivity index (χ1n) is 5.32. The van der Waals surface area contributed by atoms with Gasteiger partial charge in [0.1, 0.15) is 0 Å². The van der Waals surface area contributed by atoms with Crippen molar-refractivity contribution in [2.24, 2.45) is 0 Å². The molecule has 0 atom stereocenters. The Morgan fingerprint density at radius 1 is 1.25 bits per heavy atom. The van der Waals surface area contributed by atoms with Crippen molar-refractivity contribution in [2.45, 2.75) is 28.2 Å². The molecule has 0 aliphatic heterocycles. The van der Waals surface area contributed by atoms with Gasteiger partial charge in [0.25, 0.3) is 0 Å². The van der Waals surface area contributed by atoms with Gasteiger partial charge in [-0.05, 0) is 30.0 Å². The third-order valence-corrected chi connectivity index (χ3v) is 5.16. The Morgan fingerprint density at radius 3 is 2.94 bits per heavy atom. The van der Waals surface area contributed by atoms with Crippen LogP contribution in [0.3, 0.4) is 0 Å². The zero-order valence-electron chi connectivity index (χ0n) is 9.14. The van der Waals surface area contributed by atoms with Gasteiger partial charge in [0, 0.05) is 0 Å². The van der Waals surface area contributed by atoms with Gasteiger partial charge < -0.3 is 4.74 Å². The lowest BCUT2D eigenvalue weighted by atomic mass is 10.4. The standard InChI is InChI=1S/C12H14OS3/c1-2-3-8-13-10-6-7-12(15-10)16-11-5-4-9-14-11/h4-7,9H,2-3,8H2,1H3. The summed E-state index contributed by atoms with van der Waals surface area (Å²) >= 11 is 5.32. The number of hydrogen-bond donors (Lipinski definition) is 0. The van der Waals surface area contributed by atoms with Crippen LogP contribution in [0.4, 0.5) is 0 Å². The van der Waals surface area contributed by atoms with Crippen LogP contribution in [0.1, 0.15) is 19.8 Å². The van der Waals surface area contributed by atoms with E-state index in [-0.39, 0.29) is 0 Å². The fourth-order valence-electron chi connectivity index (χ4n) is 1.17. The van der Waals surface area contributed by atoms with E-state index in [1.165, 1.54) is 14.8 Å². The van der Waals surface area contributed by atoms with Crippen molar-refractivity contribution in [3.05, 3.63) is 29.6 Å². The van der Waals surface area contributed by atoms with E-state index in [4.69, 9.17) is 4.74 Å². The molecule has 0 spiro atoms. The van der Waals surface area contributed by atoms with Gasteiger partial charge in [-0.3, -0.25) is 0 Å². The highest BCUT2D eigenvalue weighted by Crippen LogP contribution is 2.38. The molecule has 0 bridgehead atoms. The van der Waals surface area contributed by atoms with Crippen molar-refractivity contribution in [3.8, 4) is 5.06 Å². The summed E-state index contributed by atoms with van der Waals surface area (Å²) in [4.78, 5) is 0. The first-order valence-corrected chi connectivity index (χ1v) is 7.83. The molecule has 0 N–H and O–H groups in total. The Morgan fingerprint density at radius 2 is 2.19 bits per heavy atom. The molecule has 86 valence electrons. The van der Waals surface area contributed by atoms with E-state index < -0.39 is 0 Å². The lowest BCUT2D eigenvalue weighted by Crippen LogP contribution is -1.93. The molecule has 2 rings (SSSR count). The van der Waals surface area contributed by atoms with Crippen molar-refractivity contribution in [1.29, 1.82) is 0 Å². The first kappa shape index (κ1) is 12.0. The molecule has 0 aromatic carbocycles. The molecule has 0 radical (unpaired) electrons. The second-order valence-corrected chi connectivity index (χ2v) is 6.90. The summed E-state index contributed by atoms with van der Waals surface area (Å²) in [6, 6.07) is 8.43. The van der Waals surface area contributed by atoms with E-state index >= 15 is 0 Å². The minimum absolute atomic E-state index is 0.833. The van der Waals surface area contributed by atoms with Gasteiger partial charge in [0.2, 0.25) is 0 Å². The van der Waals surface area contributed by atoms with Crippen LogP contribution in [0, 0.1) is 0 Å². The fourth-order valence-corrected chi connectivity index (χ4v) is 4.18. The summed E-state index contributed by atoms with van der Waals surface area (Å²) in [6.45, 7) is 3.01. The Kier molecular flexibility index (Phi) is 4.75. The van der Waals surface area contributed by atoms with E-state index in [9.17, 15) is 0 Å². The molecule has 0 fully saturated rings. The van der Waals surface area contributed by atoms with Crippen LogP contribution < -0.4 is 4.74 Å². The van der Waals surface area contributed by atoms with E-state index in [1.54, 1.807) is 22.7 Å². The molecule has 2 aromatic rings. The predicted molar refractivity (Wildman–Crippen MR) is 73.2 cm³/mol. The van der Waals surface area contributed by atoms with Gasteiger partial charge in [0.05, 0.1) is 15.0 Å². The average Bonchev–Trinajstić information content (AvgIpc) is 2.91. The molecule has 16 heavy (non-hydrogen) atoms. The summed E-state index contributed by atoms with van der Waals surface area (Å²) in [5.41, 5.74) is 0. The van der Waals surface area contributed by atoms with Crippen LogP contribution in [0.25, 0.3) is 0 Å². The molecule has 0 saturated heterocycles. The quantitative estimate of drug-likeness (QED) is 0.672. The third kappa shape index (κ3) is 3.54. The molecule has 0 unspecified atom stereocenters. The molecule has 2 aromatic heterocycles. The normalized spacial score (nSPS) is 10.6. The summed E-state index contributed by atoms with van der Waals surface area (Å²) in [5.74, 6) is 0. The van der Waals surface area contributed by atoms with E-state index in [1.807, 2.05) is 11.8 Å². The topological polar surface area (TPSA) is 9.23 Å². The summed E-state index contributed by atoms with van der Waals surface area (Å²) in [5, 5.41) is 3.14. The Bertz CT molecular complexity index is 406. The minimum Gasteiger partial charge on any atom is -0.484 e. The molecule has 2 heterocycles. The van der Waals surface area contributed by atoms with Crippen LogP contribution >= 0.6 is 34.4 Å². The molecule has 0 aliphatic carbocycles. The molecule has 0 amide bonds. The van der Waals surface area contributed by atoms with Crippen LogP contribution in [0.2, 0.25) is 0 Å². The van der Waals surface area contributed by atoms with Crippen molar-refractivity contribution in [1.82, 2.24) is 0 Å². The number of thiophene rings is 2. The summed E-state index contributed by atoms with van der Waals surface area (Å²) < 4.78 is 8.29. The van der Waals surface area contributed by atoms with Crippen molar-refractivity contribution in [3.63, 3.8) is 0 Å². The highest BCUT2D eigenvalue weighted by atomic mass is 32.2. The third-order valence-electron chi connectivity index (χ3n) is 2.00. The molecular weight excluding hydrogens is 256 g/mol. The van der Waals surface area contributed by atoms with E-state index in [0.717, 1.165) is 18.1 Å². The van der Waals surface area contributed by atoms with Gasteiger partial charge in [0.15, 0.2) is 5.06 Å². The minimum atomic E-state index is 0.833. The van der Waals surface area contributed by atoms with Crippen molar-refractivity contribution < 1.29 is 4.74 Å². The number of hydrogen-bond acceptors (Lipinski definition) is 4. The number of ether oxygens (including phenoxy) is 1. The maximum atomic E-state index is 5.65. The van der Waals surface area contributed by atoms with Crippen LogP contribution in [-0.2, 0) is 0 Å². The van der Waals surface area contributed by atoms with E-state index in [2.05, 4.69) is 36.6 Å². The zero-order chi connectivity index (χ0) is 11.2.